The maximum absolute atomic E-state index is 6.21. The minimum Gasteiger partial charge on any atom is -0.122 e. The summed E-state index contributed by atoms with van der Waals surface area (Å²) in [4.78, 5) is 0. The van der Waals surface area contributed by atoms with Gasteiger partial charge in [0.1, 0.15) is 0 Å². The fourth-order valence-corrected chi connectivity index (χ4v) is 4.43. The van der Waals surface area contributed by atoms with Gasteiger partial charge in [0.25, 0.3) is 0 Å². The summed E-state index contributed by atoms with van der Waals surface area (Å²) in [6.07, 6.45) is 3.56. The van der Waals surface area contributed by atoms with Crippen LogP contribution in [0.4, 0.5) is 0 Å². The summed E-state index contributed by atoms with van der Waals surface area (Å²) in [5.41, 5.74) is 0. The third-order valence-electron chi connectivity index (χ3n) is 3.19. The van der Waals surface area contributed by atoms with Crippen LogP contribution in [0.25, 0.3) is 0 Å². The van der Waals surface area contributed by atoms with Gasteiger partial charge < -0.3 is 0 Å². The molecule has 2 bridgehead atoms. The quantitative estimate of drug-likeness (QED) is 0.568. The summed E-state index contributed by atoms with van der Waals surface area (Å²) in [5, 5.41) is 0.0799. The number of halogens is 4. The van der Waals surface area contributed by atoms with E-state index in [-0.39, 0.29) is 11.3 Å². The van der Waals surface area contributed by atoms with Gasteiger partial charge in [-0.25, -0.2) is 0 Å². The molecular weight excluding hydrogens is 238 g/mol. The van der Waals surface area contributed by atoms with Gasteiger partial charge in [0, 0.05) is 11.3 Å². The molecule has 2 rings (SSSR count). The Balaban J connectivity index is 2.17. The van der Waals surface area contributed by atoms with Gasteiger partial charge in [0.2, 0.25) is 0 Å². The van der Waals surface area contributed by atoms with Crippen molar-refractivity contribution in [2.45, 2.75) is 28.4 Å². The highest BCUT2D eigenvalue weighted by Gasteiger charge is 2.54. The Kier molecular flexibility index (Phi) is 2.49. The molecule has 0 amide bonds. The predicted molar refractivity (Wildman–Crippen MR) is 54.3 cm³/mol. The molecule has 0 aromatic heterocycles. The van der Waals surface area contributed by atoms with E-state index in [1.807, 2.05) is 0 Å². The van der Waals surface area contributed by atoms with Crippen LogP contribution in [0.2, 0.25) is 0 Å². The van der Waals surface area contributed by atoms with E-state index in [9.17, 15) is 0 Å². The molecule has 12 heavy (non-hydrogen) atoms. The topological polar surface area (TPSA) is 0 Å². The molecule has 2 aliphatic carbocycles. The number of alkyl halides is 4. The maximum atomic E-state index is 6.21. The van der Waals surface area contributed by atoms with E-state index in [0.717, 1.165) is 6.42 Å². The van der Waals surface area contributed by atoms with Crippen molar-refractivity contribution in [2.24, 2.45) is 17.8 Å². The molecule has 70 valence electrons. The zero-order valence-electron chi connectivity index (χ0n) is 6.44. The monoisotopic (exact) mass is 246 g/mol. The predicted octanol–water partition coefficient (Wildman–Crippen LogP) is 4.01. The van der Waals surface area contributed by atoms with E-state index in [4.69, 9.17) is 46.4 Å². The van der Waals surface area contributed by atoms with Crippen molar-refractivity contribution in [3.05, 3.63) is 0 Å². The second-order valence-corrected chi connectivity index (χ2v) is 6.72. The van der Waals surface area contributed by atoms with Gasteiger partial charge in [-0.15, -0.1) is 11.6 Å². The summed E-state index contributed by atoms with van der Waals surface area (Å²) < 4.78 is -1.16. The van der Waals surface area contributed by atoms with E-state index in [2.05, 4.69) is 0 Å². The average Bonchev–Trinajstić information content (AvgIpc) is 2.42. The second kappa shape index (κ2) is 3.08. The summed E-state index contributed by atoms with van der Waals surface area (Å²) in [6.45, 7) is 0. The molecule has 0 aromatic carbocycles. The molecule has 0 spiro atoms. The zero-order chi connectivity index (χ0) is 8.93. The van der Waals surface area contributed by atoms with Crippen molar-refractivity contribution in [2.75, 3.05) is 0 Å². The molecule has 0 saturated heterocycles. The molecule has 0 heterocycles. The van der Waals surface area contributed by atoms with Gasteiger partial charge in [-0.1, -0.05) is 34.8 Å². The fraction of sp³-hybridized carbons (Fsp3) is 1.00. The minimum absolute atomic E-state index is 0.0721. The molecule has 0 nitrogen and oxygen atoms in total. The number of rotatable bonds is 0. The van der Waals surface area contributed by atoms with Crippen LogP contribution in [0.1, 0.15) is 19.3 Å². The lowest BCUT2D eigenvalue weighted by molar-refractivity contribution is 0.344. The van der Waals surface area contributed by atoms with Crippen molar-refractivity contribution in [3.8, 4) is 0 Å². The lowest BCUT2D eigenvalue weighted by atomic mass is 9.89. The van der Waals surface area contributed by atoms with Crippen LogP contribution in [-0.2, 0) is 0 Å². The first kappa shape index (κ1) is 9.71. The van der Waals surface area contributed by atoms with E-state index in [0.29, 0.717) is 11.8 Å². The van der Waals surface area contributed by atoms with Gasteiger partial charge in [-0.05, 0) is 31.1 Å². The highest BCUT2D eigenvalue weighted by atomic mass is 35.6. The summed E-state index contributed by atoms with van der Waals surface area (Å²) in [7, 11) is 0. The van der Waals surface area contributed by atoms with Crippen molar-refractivity contribution in [1.82, 2.24) is 0 Å². The highest BCUT2D eigenvalue weighted by molar-refractivity contribution is 6.68. The zero-order valence-corrected chi connectivity index (χ0v) is 9.47. The Morgan fingerprint density at radius 3 is 1.92 bits per heavy atom. The van der Waals surface area contributed by atoms with Crippen LogP contribution < -0.4 is 0 Å². The third-order valence-corrected chi connectivity index (χ3v) is 4.58. The van der Waals surface area contributed by atoms with Crippen LogP contribution in [0, 0.1) is 17.8 Å². The van der Waals surface area contributed by atoms with Crippen molar-refractivity contribution >= 4 is 46.4 Å². The first-order chi connectivity index (χ1) is 5.50. The highest BCUT2D eigenvalue weighted by Crippen LogP contribution is 2.58. The van der Waals surface area contributed by atoms with E-state index in [1.165, 1.54) is 12.8 Å². The largest absolute Gasteiger partial charge is 0.195 e. The van der Waals surface area contributed by atoms with Crippen LogP contribution in [0.15, 0.2) is 0 Å². The van der Waals surface area contributed by atoms with Gasteiger partial charge in [0.15, 0.2) is 3.79 Å². The minimum atomic E-state index is -1.16. The Bertz CT molecular complexity index is 184. The molecular formula is C8H10Cl4. The smallest absolute Gasteiger partial charge is 0.122 e. The molecule has 4 heteroatoms. The van der Waals surface area contributed by atoms with E-state index < -0.39 is 3.79 Å². The molecule has 0 aromatic rings. The van der Waals surface area contributed by atoms with Gasteiger partial charge in [-0.2, -0.15) is 0 Å². The SMILES string of the molecule is ClC1C2CCC(C2)C1C(Cl)(Cl)Cl. The van der Waals surface area contributed by atoms with E-state index >= 15 is 0 Å². The Morgan fingerprint density at radius 1 is 1.00 bits per heavy atom. The number of fused-ring (bicyclic) bond motifs is 2. The summed E-state index contributed by atoms with van der Waals surface area (Å²) in [6, 6.07) is 0. The van der Waals surface area contributed by atoms with Crippen LogP contribution >= 0.6 is 46.4 Å². The Hall–Kier alpha value is 1.16. The first-order valence-electron chi connectivity index (χ1n) is 4.21. The fourth-order valence-electron chi connectivity index (χ4n) is 2.67. The molecule has 4 unspecified atom stereocenters. The number of hydrogen-bond donors (Lipinski definition) is 0. The molecule has 2 aliphatic rings. The molecule has 0 aliphatic heterocycles. The lowest BCUT2D eigenvalue weighted by Gasteiger charge is -2.31. The number of hydrogen-bond acceptors (Lipinski definition) is 0. The van der Waals surface area contributed by atoms with Gasteiger partial charge >= 0.3 is 0 Å². The van der Waals surface area contributed by atoms with Crippen molar-refractivity contribution in [3.63, 3.8) is 0 Å². The van der Waals surface area contributed by atoms with Crippen LogP contribution in [0.5, 0.6) is 0 Å². The molecule has 0 radical (unpaired) electrons. The normalized spacial score (nSPS) is 47.0. The van der Waals surface area contributed by atoms with Gasteiger partial charge in [0.05, 0.1) is 0 Å². The lowest BCUT2D eigenvalue weighted by Crippen LogP contribution is -2.33. The Labute approximate surface area is 92.5 Å². The summed E-state index contributed by atoms with van der Waals surface area (Å²) in [5.74, 6) is 1.21. The third kappa shape index (κ3) is 1.45. The molecule has 4 atom stereocenters. The van der Waals surface area contributed by atoms with Gasteiger partial charge in [-0.3, -0.25) is 0 Å². The Morgan fingerprint density at radius 2 is 1.58 bits per heavy atom. The standard InChI is InChI=1S/C8H10Cl4/c9-7-5-2-1-4(3-5)6(7)8(10,11)12/h4-7H,1-3H2. The molecule has 2 fully saturated rings. The van der Waals surface area contributed by atoms with Crippen molar-refractivity contribution in [1.29, 1.82) is 0 Å². The molecule has 2 saturated carbocycles. The summed E-state index contributed by atoms with van der Waals surface area (Å²) >= 11 is 23.8. The van der Waals surface area contributed by atoms with E-state index in [1.54, 1.807) is 0 Å². The van der Waals surface area contributed by atoms with Crippen LogP contribution in [-0.4, -0.2) is 9.17 Å². The maximum Gasteiger partial charge on any atom is 0.195 e. The van der Waals surface area contributed by atoms with Crippen molar-refractivity contribution < 1.29 is 0 Å². The van der Waals surface area contributed by atoms with Crippen LogP contribution in [0.3, 0.4) is 0 Å². The molecule has 0 N–H and O–H groups in total. The second-order valence-electron chi connectivity index (χ2n) is 3.85. The average molecular weight is 248 g/mol. The first-order valence-corrected chi connectivity index (χ1v) is 5.78.